The summed E-state index contributed by atoms with van der Waals surface area (Å²) in [6.45, 7) is 0. The zero-order chi connectivity index (χ0) is 14.1. The summed E-state index contributed by atoms with van der Waals surface area (Å²) in [7, 11) is 1.73. The fraction of sp³-hybridized carbons (Fsp3) is 0.0625. The van der Waals surface area contributed by atoms with Gasteiger partial charge in [-0.15, -0.1) is 0 Å². The Morgan fingerprint density at radius 2 is 1.80 bits per heavy atom. The zero-order valence-electron chi connectivity index (χ0n) is 11.0. The molecule has 0 fully saturated rings. The van der Waals surface area contributed by atoms with Gasteiger partial charge in [0.1, 0.15) is 11.8 Å². The van der Waals surface area contributed by atoms with E-state index in [2.05, 4.69) is 0 Å². The maximum Gasteiger partial charge on any atom is 0.258 e. The second kappa shape index (κ2) is 4.74. The molecule has 4 nitrogen and oxygen atoms in total. The number of nitrogens with zero attached hydrogens (tertiary/aromatic N) is 1. The van der Waals surface area contributed by atoms with Gasteiger partial charge in [0.15, 0.2) is 0 Å². The van der Waals surface area contributed by atoms with Crippen LogP contribution in [0.5, 0.6) is 0 Å². The number of carbonyl (C=O) groups excluding carboxylic acids is 1. The van der Waals surface area contributed by atoms with Crippen molar-refractivity contribution < 1.29 is 9.21 Å². The Kier molecular flexibility index (Phi) is 2.91. The van der Waals surface area contributed by atoms with E-state index in [0.29, 0.717) is 11.3 Å². The fourth-order valence-corrected chi connectivity index (χ4v) is 2.15. The minimum atomic E-state index is -0.100. The van der Waals surface area contributed by atoms with Crippen molar-refractivity contribution in [2.75, 3.05) is 17.7 Å². The number of nitrogens with two attached hydrogens (primary N) is 1. The van der Waals surface area contributed by atoms with Gasteiger partial charge in [-0.1, -0.05) is 12.1 Å². The monoisotopic (exact) mass is 266 g/mol. The summed E-state index contributed by atoms with van der Waals surface area (Å²) in [6, 6.07) is 14.5. The molecule has 0 unspecified atom stereocenters. The summed E-state index contributed by atoms with van der Waals surface area (Å²) < 4.78 is 5.46. The highest BCUT2D eigenvalue weighted by Crippen LogP contribution is 2.29. The van der Waals surface area contributed by atoms with Crippen molar-refractivity contribution in [3.05, 3.63) is 60.4 Å². The Morgan fingerprint density at radius 3 is 2.55 bits per heavy atom. The SMILES string of the molecule is CN(C(=O)c1ccc(N)cc1)c1coc2ccccc12. The summed E-state index contributed by atoms with van der Waals surface area (Å²) >= 11 is 0. The lowest BCUT2D eigenvalue weighted by Crippen LogP contribution is -2.25. The summed E-state index contributed by atoms with van der Waals surface area (Å²) in [5.41, 5.74) is 8.37. The number of hydrogen-bond acceptors (Lipinski definition) is 3. The third-order valence-corrected chi connectivity index (χ3v) is 3.28. The van der Waals surface area contributed by atoms with Gasteiger partial charge in [0.2, 0.25) is 0 Å². The van der Waals surface area contributed by atoms with Crippen molar-refractivity contribution in [3.63, 3.8) is 0 Å². The molecule has 3 rings (SSSR count). The Hall–Kier alpha value is -2.75. The second-order valence-electron chi connectivity index (χ2n) is 4.60. The average molecular weight is 266 g/mol. The molecule has 1 heterocycles. The maximum atomic E-state index is 12.4. The van der Waals surface area contributed by atoms with E-state index in [9.17, 15) is 4.79 Å². The fourth-order valence-electron chi connectivity index (χ4n) is 2.15. The van der Waals surface area contributed by atoms with Gasteiger partial charge in [0.05, 0.1) is 5.69 Å². The van der Waals surface area contributed by atoms with Gasteiger partial charge in [0, 0.05) is 23.7 Å². The van der Waals surface area contributed by atoms with Gasteiger partial charge in [-0.25, -0.2) is 0 Å². The Morgan fingerprint density at radius 1 is 1.10 bits per heavy atom. The number of amides is 1. The first-order valence-corrected chi connectivity index (χ1v) is 6.26. The van der Waals surface area contributed by atoms with E-state index < -0.39 is 0 Å². The molecule has 0 aliphatic carbocycles. The molecule has 0 bridgehead atoms. The Bertz CT molecular complexity index is 760. The number of nitrogen functional groups attached to an aromatic ring is 1. The third-order valence-electron chi connectivity index (χ3n) is 3.28. The van der Waals surface area contributed by atoms with Crippen LogP contribution >= 0.6 is 0 Å². The van der Waals surface area contributed by atoms with Gasteiger partial charge in [0.25, 0.3) is 5.91 Å². The molecule has 0 radical (unpaired) electrons. The largest absolute Gasteiger partial charge is 0.462 e. The molecular formula is C16H14N2O2. The number of carbonyl (C=O) groups is 1. The van der Waals surface area contributed by atoms with E-state index in [1.165, 1.54) is 0 Å². The number of fused-ring (bicyclic) bond motifs is 1. The molecule has 3 aromatic rings. The number of rotatable bonds is 2. The molecule has 20 heavy (non-hydrogen) atoms. The molecule has 1 aromatic heterocycles. The van der Waals surface area contributed by atoms with E-state index in [0.717, 1.165) is 16.7 Å². The standard InChI is InChI=1S/C16H14N2O2/c1-18(16(19)11-6-8-12(17)9-7-11)14-10-20-15-5-3-2-4-13(14)15/h2-10H,17H2,1H3. The van der Waals surface area contributed by atoms with Crippen LogP contribution in [0.3, 0.4) is 0 Å². The lowest BCUT2D eigenvalue weighted by atomic mass is 10.1. The van der Waals surface area contributed by atoms with Gasteiger partial charge < -0.3 is 15.1 Å². The first-order valence-electron chi connectivity index (χ1n) is 6.26. The molecule has 0 aliphatic rings. The summed E-state index contributed by atoms with van der Waals surface area (Å²) in [4.78, 5) is 14.0. The third kappa shape index (κ3) is 2.01. The van der Waals surface area contributed by atoms with Gasteiger partial charge in [-0.05, 0) is 36.4 Å². The number of anilines is 2. The Labute approximate surface area is 116 Å². The summed E-state index contributed by atoms with van der Waals surface area (Å²) in [6.07, 6.45) is 1.60. The second-order valence-corrected chi connectivity index (χ2v) is 4.60. The average Bonchev–Trinajstić information content (AvgIpc) is 2.90. The number of hydrogen-bond donors (Lipinski definition) is 1. The van der Waals surface area contributed by atoms with E-state index in [1.807, 2.05) is 24.3 Å². The van der Waals surface area contributed by atoms with Crippen LogP contribution in [-0.2, 0) is 0 Å². The molecule has 100 valence electrons. The minimum absolute atomic E-state index is 0.100. The summed E-state index contributed by atoms with van der Waals surface area (Å²) in [5, 5.41) is 0.916. The van der Waals surface area contributed by atoms with Crippen LogP contribution in [0.15, 0.2) is 59.2 Å². The highest BCUT2D eigenvalue weighted by atomic mass is 16.3. The Balaban J connectivity index is 1.97. The lowest BCUT2D eigenvalue weighted by molar-refractivity contribution is 0.0993. The molecule has 0 atom stereocenters. The van der Waals surface area contributed by atoms with Gasteiger partial charge in [-0.3, -0.25) is 4.79 Å². The molecule has 2 N–H and O–H groups in total. The number of furan rings is 1. The van der Waals surface area contributed by atoms with E-state index in [-0.39, 0.29) is 5.91 Å². The van der Waals surface area contributed by atoms with Crippen LogP contribution in [0.1, 0.15) is 10.4 Å². The first-order chi connectivity index (χ1) is 9.66. The molecule has 0 spiro atoms. The molecule has 2 aromatic carbocycles. The zero-order valence-corrected chi connectivity index (χ0v) is 11.0. The van der Waals surface area contributed by atoms with Crippen molar-refractivity contribution in [2.24, 2.45) is 0 Å². The number of para-hydroxylation sites is 1. The molecular weight excluding hydrogens is 252 g/mol. The summed E-state index contributed by atoms with van der Waals surface area (Å²) in [5.74, 6) is -0.100. The van der Waals surface area contributed by atoms with Crippen LogP contribution in [-0.4, -0.2) is 13.0 Å². The van der Waals surface area contributed by atoms with Crippen molar-refractivity contribution in [3.8, 4) is 0 Å². The van der Waals surface area contributed by atoms with E-state index >= 15 is 0 Å². The van der Waals surface area contributed by atoms with Crippen molar-refractivity contribution in [2.45, 2.75) is 0 Å². The predicted molar refractivity (Wildman–Crippen MR) is 79.8 cm³/mol. The van der Waals surface area contributed by atoms with Gasteiger partial charge >= 0.3 is 0 Å². The molecule has 0 aliphatic heterocycles. The van der Waals surface area contributed by atoms with Crippen LogP contribution in [0, 0.1) is 0 Å². The highest BCUT2D eigenvalue weighted by molar-refractivity contribution is 6.09. The minimum Gasteiger partial charge on any atom is -0.462 e. The number of benzene rings is 2. The first kappa shape index (κ1) is 12.3. The molecule has 0 saturated heterocycles. The molecule has 0 saturated carbocycles. The van der Waals surface area contributed by atoms with Crippen LogP contribution < -0.4 is 10.6 Å². The lowest BCUT2D eigenvalue weighted by Gasteiger charge is -2.15. The highest BCUT2D eigenvalue weighted by Gasteiger charge is 2.17. The van der Waals surface area contributed by atoms with Crippen LogP contribution in [0.2, 0.25) is 0 Å². The normalized spacial score (nSPS) is 10.7. The predicted octanol–water partition coefficient (Wildman–Crippen LogP) is 3.29. The van der Waals surface area contributed by atoms with Gasteiger partial charge in [-0.2, -0.15) is 0 Å². The molecule has 1 amide bonds. The smallest absolute Gasteiger partial charge is 0.258 e. The van der Waals surface area contributed by atoms with Crippen molar-refractivity contribution in [1.29, 1.82) is 0 Å². The van der Waals surface area contributed by atoms with E-state index in [1.54, 1.807) is 42.5 Å². The van der Waals surface area contributed by atoms with E-state index in [4.69, 9.17) is 10.2 Å². The maximum absolute atomic E-state index is 12.4. The van der Waals surface area contributed by atoms with Crippen LogP contribution in [0.4, 0.5) is 11.4 Å². The van der Waals surface area contributed by atoms with Crippen LogP contribution in [0.25, 0.3) is 11.0 Å². The quantitative estimate of drug-likeness (QED) is 0.724. The molecule has 4 heteroatoms. The van der Waals surface area contributed by atoms with Crippen molar-refractivity contribution in [1.82, 2.24) is 0 Å². The van der Waals surface area contributed by atoms with Crippen molar-refractivity contribution >= 4 is 28.3 Å². The topological polar surface area (TPSA) is 59.5 Å².